The smallest absolute Gasteiger partial charge is 0.0459 e. The van der Waals surface area contributed by atoms with Crippen molar-refractivity contribution in [3.63, 3.8) is 0 Å². The number of allylic oxidation sites excluding steroid dienone is 4. The lowest BCUT2D eigenvalue weighted by Crippen LogP contribution is -2.45. The average Bonchev–Trinajstić information content (AvgIpc) is 2.91. The predicted molar refractivity (Wildman–Crippen MR) is 96.0 cm³/mol. The summed E-state index contributed by atoms with van der Waals surface area (Å²) in [5.41, 5.74) is 4.43. The summed E-state index contributed by atoms with van der Waals surface area (Å²) in [6, 6.07) is 0. The lowest BCUT2D eigenvalue weighted by Gasteiger charge is -2.54. The Morgan fingerprint density at radius 2 is 1.91 bits per heavy atom. The van der Waals surface area contributed by atoms with Crippen LogP contribution < -0.4 is 0 Å². The second-order valence-electron chi connectivity index (χ2n) is 9.48. The lowest BCUT2D eigenvalue weighted by molar-refractivity contribution is 0.0358. The number of rotatable bonds is 2. The third-order valence-electron chi connectivity index (χ3n) is 8.53. The van der Waals surface area contributed by atoms with Gasteiger partial charge < -0.3 is 5.11 Å². The molecule has 0 aromatic carbocycles. The van der Waals surface area contributed by atoms with Gasteiger partial charge in [-0.05, 0) is 79.4 Å². The van der Waals surface area contributed by atoms with Crippen molar-refractivity contribution in [2.45, 2.75) is 72.1 Å². The van der Waals surface area contributed by atoms with Gasteiger partial charge in [-0.1, -0.05) is 50.5 Å². The Balaban J connectivity index is 1.69. The molecule has 128 valence electrons. The Kier molecular flexibility index (Phi) is 3.80. The topological polar surface area (TPSA) is 20.2 Å². The zero-order valence-electron chi connectivity index (χ0n) is 15.3. The first-order valence-electron chi connectivity index (χ1n) is 10.0. The predicted octanol–water partition coefficient (Wildman–Crippen LogP) is 5.50. The molecule has 0 saturated heterocycles. The standard InChI is InChI=1S/C22H34O/c1-15(14-23)18-9-10-19-17-8-7-16-6-4-5-12-21(16,2)20(17)11-13-22(18,19)3/h7-8,15,18-20,23H,4-6,9-14H2,1-3H3/t15?,18-,19+,20+,21+,22-/m1/s1. The summed E-state index contributed by atoms with van der Waals surface area (Å²) in [5, 5.41) is 9.70. The first-order valence-corrected chi connectivity index (χ1v) is 10.0. The molecule has 0 radical (unpaired) electrons. The molecular formula is C22H34O. The van der Waals surface area contributed by atoms with Gasteiger partial charge >= 0.3 is 0 Å². The summed E-state index contributed by atoms with van der Waals surface area (Å²) in [6.07, 6.45) is 16.0. The molecule has 1 N–H and O–H groups in total. The SMILES string of the molecule is CC(CO)[C@H]1CC[C@H]2C3=CC=C4CCCC[C@]4(C)[C@H]3CC[C@]12C. The molecule has 23 heavy (non-hydrogen) atoms. The normalized spacial score (nSPS) is 47.0. The molecular weight excluding hydrogens is 280 g/mol. The van der Waals surface area contributed by atoms with Crippen LogP contribution in [0.4, 0.5) is 0 Å². The van der Waals surface area contributed by atoms with E-state index in [0.717, 1.165) is 11.8 Å². The molecule has 0 heterocycles. The van der Waals surface area contributed by atoms with Crippen molar-refractivity contribution >= 4 is 0 Å². The van der Waals surface area contributed by atoms with Crippen molar-refractivity contribution in [3.8, 4) is 0 Å². The van der Waals surface area contributed by atoms with E-state index < -0.39 is 0 Å². The van der Waals surface area contributed by atoms with Crippen molar-refractivity contribution < 1.29 is 5.11 Å². The Morgan fingerprint density at radius 3 is 2.70 bits per heavy atom. The van der Waals surface area contributed by atoms with Gasteiger partial charge in [-0.15, -0.1) is 0 Å². The summed E-state index contributed by atoms with van der Waals surface area (Å²) >= 11 is 0. The fourth-order valence-corrected chi connectivity index (χ4v) is 7.14. The summed E-state index contributed by atoms with van der Waals surface area (Å²) < 4.78 is 0. The van der Waals surface area contributed by atoms with Crippen LogP contribution in [0.15, 0.2) is 23.3 Å². The highest BCUT2D eigenvalue weighted by atomic mass is 16.3. The van der Waals surface area contributed by atoms with E-state index >= 15 is 0 Å². The van der Waals surface area contributed by atoms with Crippen molar-refractivity contribution in [1.29, 1.82) is 0 Å². The summed E-state index contributed by atoms with van der Waals surface area (Å²) in [4.78, 5) is 0. The third kappa shape index (κ3) is 2.15. The molecule has 4 aliphatic rings. The molecule has 0 aromatic heterocycles. The average molecular weight is 315 g/mol. The van der Waals surface area contributed by atoms with Crippen molar-refractivity contribution in [2.75, 3.05) is 6.61 Å². The molecule has 4 aliphatic carbocycles. The molecule has 1 unspecified atom stereocenters. The van der Waals surface area contributed by atoms with Crippen LogP contribution in [0.5, 0.6) is 0 Å². The zero-order valence-corrected chi connectivity index (χ0v) is 15.3. The fraction of sp³-hybridized carbons (Fsp3) is 0.818. The molecule has 3 saturated carbocycles. The monoisotopic (exact) mass is 314 g/mol. The maximum absolute atomic E-state index is 9.70. The van der Waals surface area contributed by atoms with Gasteiger partial charge in [0.15, 0.2) is 0 Å². The number of aliphatic hydroxyl groups is 1. The van der Waals surface area contributed by atoms with Gasteiger partial charge in [-0.3, -0.25) is 0 Å². The quantitative estimate of drug-likeness (QED) is 0.713. The van der Waals surface area contributed by atoms with E-state index in [1.807, 2.05) is 0 Å². The van der Waals surface area contributed by atoms with Crippen LogP contribution in [-0.2, 0) is 0 Å². The Hall–Kier alpha value is -0.560. The largest absolute Gasteiger partial charge is 0.396 e. The minimum atomic E-state index is 0.358. The third-order valence-corrected chi connectivity index (χ3v) is 8.53. The van der Waals surface area contributed by atoms with E-state index in [1.54, 1.807) is 11.1 Å². The van der Waals surface area contributed by atoms with Crippen LogP contribution in [0.2, 0.25) is 0 Å². The number of hydrogen-bond acceptors (Lipinski definition) is 1. The molecule has 1 nitrogen and oxygen atoms in total. The summed E-state index contributed by atoms with van der Waals surface area (Å²) in [7, 11) is 0. The van der Waals surface area contributed by atoms with Crippen molar-refractivity contribution in [3.05, 3.63) is 23.3 Å². The minimum absolute atomic E-state index is 0.358. The molecule has 0 aliphatic heterocycles. The maximum Gasteiger partial charge on any atom is 0.0459 e. The van der Waals surface area contributed by atoms with Gasteiger partial charge in [0.2, 0.25) is 0 Å². The van der Waals surface area contributed by atoms with Crippen LogP contribution >= 0.6 is 0 Å². The van der Waals surface area contributed by atoms with Gasteiger partial charge in [0.05, 0.1) is 0 Å². The maximum atomic E-state index is 9.70. The van der Waals surface area contributed by atoms with E-state index in [4.69, 9.17) is 0 Å². The summed E-state index contributed by atoms with van der Waals surface area (Å²) in [5.74, 6) is 2.76. The number of aliphatic hydroxyl groups excluding tert-OH is 1. The molecule has 0 amide bonds. The van der Waals surface area contributed by atoms with E-state index in [2.05, 4.69) is 32.9 Å². The van der Waals surface area contributed by atoms with Crippen LogP contribution in [0.25, 0.3) is 0 Å². The second kappa shape index (κ2) is 5.48. The Labute approximate surface area is 142 Å². The van der Waals surface area contributed by atoms with Gasteiger partial charge in [-0.25, -0.2) is 0 Å². The van der Waals surface area contributed by atoms with Gasteiger partial charge in [0.25, 0.3) is 0 Å². The molecule has 4 rings (SSSR count). The summed E-state index contributed by atoms with van der Waals surface area (Å²) in [6.45, 7) is 7.74. The molecule has 6 atom stereocenters. The van der Waals surface area contributed by atoms with E-state index in [9.17, 15) is 5.11 Å². The van der Waals surface area contributed by atoms with E-state index in [1.165, 1.54) is 51.4 Å². The number of fused-ring (bicyclic) bond motifs is 5. The second-order valence-corrected chi connectivity index (χ2v) is 9.48. The molecule has 0 aromatic rings. The van der Waals surface area contributed by atoms with Gasteiger partial charge in [-0.2, -0.15) is 0 Å². The molecule has 3 fully saturated rings. The van der Waals surface area contributed by atoms with Crippen molar-refractivity contribution in [1.82, 2.24) is 0 Å². The lowest BCUT2D eigenvalue weighted by atomic mass is 9.50. The first kappa shape index (κ1) is 15.9. The van der Waals surface area contributed by atoms with Crippen molar-refractivity contribution in [2.24, 2.45) is 34.5 Å². The Bertz CT molecular complexity index is 544. The van der Waals surface area contributed by atoms with Crippen LogP contribution in [-0.4, -0.2) is 11.7 Å². The number of hydrogen-bond donors (Lipinski definition) is 1. The van der Waals surface area contributed by atoms with Crippen LogP contribution in [0.1, 0.15) is 72.1 Å². The van der Waals surface area contributed by atoms with E-state index in [-0.39, 0.29) is 0 Å². The van der Waals surface area contributed by atoms with Crippen LogP contribution in [0.3, 0.4) is 0 Å². The van der Waals surface area contributed by atoms with Crippen LogP contribution in [0, 0.1) is 34.5 Å². The Morgan fingerprint density at radius 1 is 1.09 bits per heavy atom. The first-order chi connectivity index (χ1) is 11.0. The highest BCUT2D eigenvalue weighted by Crippen LogP contribution is 2.65. The zero-order chi connectivity index (χ0) is 16.2. The van der Waals surface area contributed by atoms with Gasteiger partial charge in [0, 0.05) is 6.61 Å². The molecule has 0 bridgehead atoms. The fourth-order valence-electron chi connectivity index (χ4n) is 7.14. The highest BCUT2D eigenvalue weighted by molar-refractivity contribution is 5.38. The van der Waals surface area contributed by atoms with E-state index in [0.29, 0.717) is 29.3 Å². The molecule has 0 spiro atoms. The highest BCUT2D eigenvalue weighted by Gasteiger charge is 2.56. The molecule has 1 heteroatoms. The van der Waals surface area contributed by atoms with Gasteiger partial charge in [0.1, 0.15) is 0 Å². The minimum Gasteiger partial charge on any atom is -0.396 e.